The third-order valence-corrected chi connectivity index (χ3v) is 2.18. The summed E-state index contributed by atoms with van der Waals surface area (Å²) in [4.78, 5) is 0. The summed E-state index contributed by atoms with van der Waals surface area (Å²) in [5, 5.41) is 9.71. The molecule has 0 aliphatic heterocycles. The van der Waals surface area contributed by atoms with Crippen LogP contribution in [0.4, 0.5) is 13.2 Å². The van der Waals surface area contributed by atoms with Gasteiger partial charge in [0.2, 0.25) is 0 Å². The third-order valence-electron chi connectivity index (χ3n) is 2.18. The number of aliphatic hydroxyl groups is 1. The van der Waals surface area contributed by atoms with Crippen molar-refractivity contribution in [1.29, 1.82) is 0 Å². The summed E-state index contributed by atoms with van der Waals surface area (Å²) in [5.41, 5.74) is -0.733. The van der Waals surface area contributed by atoms with E-state index < -0.39 is 29.1 Å². The molecule has 1 unspecified atom stereocenters. The van der Waals surface area contributed by atoms with E-state index in [1.165, 1.54) is 0 Å². The summed E-state index contributed by atoms with van der Waals surface area (Å²) in [6, 6.07) is 1.15. The van der Waals surface area contributed by atoms with Gasteiger partial charge in [0.05, 0.1) is 11.7 Å². The molecule has 0 saturated carbocycles. The van der Waals surface area contributed by atoms with Crippen LogP contribution in [0, 0.1) is 22.9 Å². The average Bonchev–Trinajstić information content (AvgIpc) is 1.96. The fourth-order valence-corrected chi connectivity index (χ4v) is 1.55. The fourth-order valence-electron chi connectivity index (χ4n) is 1.55. The molecule has 0 aliphatic carbocycles. The molecule has 1 aromatic rings. The second kappa shape index (κ2) is 4.45. The first kappa shape index (κ1) is 13.0. The van der Waals surface area contributed by atoms with E-state index >= 15 is 0 Å². The van der Waals surface area contributed by atoms with E-state index in [1.807, 2.05) is 20.8 Å². The minimum absolute atomic E-state index is 0.201. The number of hydrogen-bond donors (Lipinski definition) is 1. The standard InChI is InChI=1S/C12H15F3O/c1-12(2,3)6-10(16)11-8(14)4-7(13)5-9(11)15/h4-5,10,16H,6H2,1-3H3. The number of rotatable bonds is 2. The predicted molar refractivity (Wildman–Crippen MR) is 55.3 cm³/mol. The molecular weight excluding hydrogens is 217 g/mol. The van der Waals surface area contributed by atoms with Crippen molar-refractivity contribution >= 4 is 0 Å². The van der Waals surface area contributed by atoms with Crippen LogP contribution >= 0.6 is 0 Å². The Labute approximate surface area is 92.9 Å². The molecule has 1 N–H and O–H groups in total. The van der Waals surface area contributed by atoms with Gasteiger partial charge in [-0.05, 0) is 11.8 Å². The van der Waals surface area contributed by atoms with Gasteiger partial charge in [0.25, 0.3) is 0 Å². The second-order valence-corrected chi connectivity index (χ2v) is 5.06. The van der Waals surface area contributed by atoms with Gasteiger partial charge < -0.3 is 5.11 Å². The molecule has 0 heterocycles. The molecule has 0 radical (unpaired) electrons. The Morgan fingerprint density at radius 2 is 1.56 bits per heavy atom. The lowest BCUT2D eigenvalue weighted by atomic mass is 9.86. The molecule has 0 amide bonds. The molecule has 1 nitrogen and oxygen atoms in total. The van der Waals surface area contributed by atoms with Gasteiger partial charge >= 0.3 is 0 Å². The Morgan fingerprint density at radius 3 is 1.94 bits per heavy atom. The zero-order valence-electron chi connectivity index (χ0n) is 9.52. The highest BCUT2D eigenvalue weighted by atomic mass is 19.1. The largest absolute Gasteiger partial charge is 0.388 e. The maximum absolute atomic E-state index is 13.3. The highest BCUT2D eigenvalue weighted by Crippen LogP contribution is 2.32. The summed E-state index contributed by atoms with van der Waals surface area (Å²) < 4.78 is 39.2. The Morgan fingerprint density at radius 1 is 1.12 bits per heavy atom. The minimum atomic E-state index is -1.26. The van der Waals surface area contributed by atoms with Crippen molar-refractivity contribution in [2.75, 3.05) is 0 Å². The first-order valence-corrected chi connectivity index (χ1v) is 5.03. The molecule has 0 saturated heterocycles. The minimum Gasteiger partial charge on any atom is -0.388 e. The summed E-state index contributed by atoms with van der Waals surface area (Å²) >= 11 is 0. The zero-order chi connectivity index (χ0) is 12.5. The van der Waals surface area contributed by atoms with Crippen LogP contribution in [0.15, 0.2) is 12.1 Å². The van der Waals surface area contributed by atoms with Crippen LogP contribution in [0.3, 0.4) is 0 Å². The van der Waals surface area contributed by atoms with Gasteiger partial charge in [0.15, 0.2) is 0 Å². The number of benzene rings is 1. The van der Waals surface area contributed by atoms with Crippen molar-refractivity contribution < 1.29 is 18.3 Å². The van der Waals surface area contributed by atoms with Gasteiger partial charge in [0, 0.05) is 12.1 Å². The lowest BCUT2D eigenvalue weighted by Gasteiger charge is -2.23. The molecule has 4 heteroatoms. The van der Waals surface area contributed by atoms with E-state index in [-0.39, 0.29) is 11.8 Å². The molecule has 0 fully saturated rings. The van der Waals surface area contributed by atoms with Crippen LogP contribution in [0.1, 0.15) is 38.9 Å². The molecule has 16 heavy (non-hydrogen) atoms. The van der Waals surface area contributed by atoms with Crippen molar-refractivity contribution in [1.82, 2.24) is 0 Å². The fraction of sp³-hybridized carbons (Fsp3) is 0.500. The SMILES string of the molecule is CC(C)(C)CC(O)c1c(F)cc(F)cc1F. The summed E-state index contributed by atoms with van der Waals surface area (Å²) in [5.74, 6) is -3.08. The molecule has 1 atom stereocenters. The first-order chi connectivity index (χ1) is 7.20. The van der Waals surface area contributed by atoms with E-state index in [0.717, 1.165) is 0 Å². The third kappa shape index (κ3) is 3.23. The molecule has 1 rings (SSSR count). The van der Waals surface area contributed by atoms with Gasteiger partial charge in [-0.25, -0.2) is 13.2 Å². The van der Waals surface area contributed by atoms with Gasteiger partial charge in [0.1, 0.15) is 17.5 Å². The molecule has 0 spiro atoms. The Hall–Kier alpha value is -1.03. The van der Waals surface area contributed by atoms with Crippen LogP contribution < -0.4 is 0 Å². The lowest BCUT2D eigenvalue weighted by molar-refractivity contribution is 0.115. The Kier molecular flexibility index (Phi) is 3.63. The monoisotopic (exact) mass is 232 g/mol. The molecule has 0 bridgehead atoms. The molecule has 90 valence electrons. The van der Waals surface area contributed by atoms with Gasteiger partial charge in [-0.1, -0.05) is 20.8 Å². The number of aliphatic hydroxyl groups excluding tert-OH is 1. The summed E-state index contributed by atoms with van der Waals surface area (Å²) in [6.07, 6.45) is -1.06. The highest BCUT2D eigenvalue weighted by molar-refractivity contribution is 5.23. The molecule has 1 aromatic carbocycles. The topological polar surface area (TPSA) is 20.2 Å². The number of hydrogen-bond acceptors (Lipinski definition) is 1. The second-order valence-electron chi connectivity index (χ2n) is 5.06. The molecule has 0 aliphatic rings. The van der Waals surface area contributed by atoms with Crippen molar-refractivity contribution in [3.63, 3.8) is 0 Å². The smallest absolute Gasteiger partial charge is 0.134 e. The van der Waals surface area contributed by atoms with E-state index in [9.17, 15) is 18.3 Å². The maximum atomic E-state index is 13.3. The average molecular weight is 232 g/mol. The van der Waals surface area contributed by atoms with Crippen molar-refractivity contribution in [3.8, 4) is 0 Å². The molecular formula is C12H15F3O. The Balaban J connectivity index is 3.04. The summed E-state index contributed by atoms with van der Waals surface area (Å²) in [6.45, 7) is 5.53. The predicted octanol–water partition coefficient (Wildman–Crippen LogP) is 3.57. The van der Waals surface area contributed by atoms with Crippen LogP contribution in [0.25, 0.3) is 0 Å². The van der Waals surface area contributed by atoms with Crippen molar-refractivity contribution in [2.24, 2.45) is 5.41 Å². The van der Waals surface area contributed by atoms with E-state index in [1.54, 1.807) is 0 Å². The highest BCUT2D eigenvalue weighted by Gasteiger charge is 2.24. The van der Waals surface area contributed by atoms with Gasteiger partial charge in [-0.15, -0.1) is 0 Å². The lowest BCUT2D eigenvalue weighted by Crippen LogP contribution is -2.14. The van der Waals surface area contributed by atoms with E-state index in [4.69, 9.17) is 0 Å². The summed E-state index contributed by atoms with van der Waals surface area (Å²) in [7, 11) is 0. The zero-order valence-corrected chi connectivity index (χ0v) is 9.52. The van der Waals surface area contributed by atoms with Crippen LogP contribution in [0.5, 0.6) is 0 Å². The van der Waals surface area contributed by atoms with Crippen LogP contribution in [-0.2, 0) is 0 Å². The van der Waals surface area contributed by atoms with Crippen LogP contribution in [0.2, 0.25) is 0 Å². The molecule has 0 aromatic heterocycles. The van der Waals surface area contributed by atoms with Crippen molar-refractivity contribution in [2.45, 2.75) is 33.3 Å². The quantitative estimate of drug-likeness (QED) is 0.826. The maximum Gasteiger partial charge on any atom is 0.134 e. The Bertz CT molecular complexity index is 359. The first-order valence-electron chi connectivity index (χ1n) is 5.03. The van der Waals surface area contributed by atoms with Crippen molar-refractivity contribution in [3.05, 3.63) is 35.1 Å². The van der Waals surface area contributed by atoms with Gasteiger partial charge in [-0.2, -0.15) is 0 Å². The van der Waals surface area contributed by atoms with E-state index in [2.05, 4.69) is 0 Å². The number of halogens is 3. The normalized spacial score (nSPS) is 13.9. The van der Waals surface area contributed by atoms with Gasteiger partial charge in [-0.3, -0.25) is 0 Å². The van der Waals surface area contributed by atoms with Crippen LogP contribution in [-0.4, -0.2) is 5.11 Å². The van der Waals surface area contributed by atoms with E-state index in [0.29, 0.717) is 12.1 Å².